The van der Waals surface area contributed by atoms with E-state index in [1.165, 1.54) is 0 Å². The monoisotopic (exact) mass is 470 g/mol. The van der Waals surface area contributed by atoms with Crippen LogP contribution in [-0.2, 0) is 10.2 Å². The molecule has 6 rings (SSSR count). The van der Waals surface area contributed by atoms with E-state index in [9.17, 15) is 4.79 Å². The lowest BCUT2D eigenvalue weighted by Crippen LogP contribution is -2.51. The van der Waals surface area contributed by atoms with Crippen molar-refractivity contribution >= 4 is 34.4 Å². The summed E-state index contributed by atoms with van der Waals surface area (Å²) in [6, 6.07) is 1.89. The average molecular weight is 471 g/mol. The number of hydrogen-bond acceptors (Lipinski definition) is 8. The molecule has 0 bridgehead atoms. The number of rotatable bonds is 3. The number of ether oxygens (including phenoxy) is 1. The second-order valence-electron chi connectivity index (χ2n) is 9.72. The summed E-state index contributed by atoms with van der Waals surface area (Å²) >= 11 is 6.48. The van der Waals surface area contributed by atoms with Crippen LogP contribution < -0.4 is 21.9 Å². The van der Waals surface area contributed by atoms with E-state index in [2.05, 4.69) is 25.1 Å². The number of aromatic nitrogens is 5. The van der Waals surface area contributed by atoms with Crippen molar-refractivity contribution in [1.29, 1.82) is 0 Å². The van der Waals surface area contributed by atoms with E-state index >= 15 is 0 Å². The number of nitrogens with one attached hydrogen (secondary N) is 2. The minimum Gasteiger partial charge on any atom is -0.382 e. The molecule has 0 aromatic carbocycles. The summed E-state index contributed by atoms with van der Waals surface area (Å²) in [4.78, 5) is 27.1. The predicted molar refractivity (Wildman–Crippen MR) is 125 cm³/mol. The van der Waals surface area contributed by atoms with Gasteiger partial charge in [0.1, 0.15) is 11.2 Å². The highest BCUT2D eigenvalue weighted by atomic mass is 35.5. The molecule has 3 aromatic rings. The van der Waals surface area contributed by atoms with Gasteiger partial charge in [-0.05, 0) is 44.2 Å². The zero-order valence-corrected chi connectivity index (χ0v) is 19.2. The van der Waals surface area contributed by atoms with Crippen LogP contribution in [0.15, 0.2) is 17.1 Å². The molecule has 11 heteroatoms. The van der Waals surface area contributed by atoms with Gasteiger partial charge in [0.15, 0.2) is 5.65 Å². The minimum absolute atomic E-state index is 0.00380. The first-order chi connectivity index (χ1) is 15.8. The number of anilines is 2. The number of nitrogens with zero attached hydrogens (tertiary/aromatic N) is 4. The maximum absolute atomic E-state index is 13.2. The van der Waals surface area contributed by atoms with E-state index in [4.69, 9.17) is 32.8 Å². The molecule has 174 valence electrons. The first-order valence-electron chi connectivity index (χ1n) is 11.4. The number of fused-ring (bicyclic) bond motifs is 1. The Balaban J connectivity index is 1.32. The van der Waals surface area contributed by atoms with E-state index in [-0.39, 0.29) is 28.9 Å². The highest BCUT2D eigenvalue weighted by molar-refractivity contribution is 6.33. The van der Waals surface area contributed by atoms with Gasteiger partial charge in [-0.1, -0.05) is 11.6 Å². The summed E-state index contributed by atoms with van der Waals surface area (Å²) < 4.78 is 5.82. The molecule has 6 N–H and O–H groups in total. The fraction of sp³-hybridized carbons (Fsp3) is 0.545. The van der Waals surface area contributed by atoms with Crippen molar-refractivity contribution in [1.82, 2.24) is 25.1 Å². The number of nitrogens with two attached hydrogens (primary N) is 2. The Morgan fingerprint density at radius 1 is 1.27 bits per heavy atom. The first kappa shape index (κ1) is 20.9. The van der Waals surface area contributed by atoms with Gasteiger partial charge in [-0.3, -0.25) is 14.9 Å². The third-order valence-electron chi connectivity index (χ3n) is 7.98. The van der Waals surface area contributed by atoms with Gasteiger partial charge < -0.3 is 21.1 Å². The molecule has 2 saturated heterocycles. The van der Waals surface area contributed by atoms with Crippen LogP contribution in [-0.4, -0.2) is 57.0 Å². The first-order valence-corrected chi connectivity index (χ1v) is 11.7. The number of halogens is 1. The van der Waals surface area contributed by atoms with Crippen molar-refractivity contribution in [2.75, 3.05) is 30.3 Å². The zero-order valence-electron chi connectivity index (χ0n) is 18.4. The van der Waals surface area contributed by atoms with Crippen LogP contribution in [0.2, 0.25) is 5.02 Å². The van der Waals surface area contributed by atoms with Crippen LogP contribution in [0.5, 0.6) is 0 Å². The molecule has 10 nitrogen and oxygen atoms in total. The molecule has 33 heavy (non-hydrogen) atoms. The summed E-state index contributed by atoms with van der Waals surface area (Å²) in [5.74, 6) is 0.820. The molecule has 3 aliphatic rings. The fourth-order valence-corrected chi connectivity index (χ4v) is 5.95. The Labute approximate surface area is 195 Å². The number of piperidine rings is 1. The molecular formula is C22H27ClN8O2. The Hall–Kier alpha value is -2.69. The average Bonchev–Trinajstić information content (AvgIpc) is 3.42. The molecule has 1 aliphatic carbocycles. The van der Waals surface area contributed by atoms with Crippen molar-refractivity contribution in [2.24, 2.45) is 11.1 Å². The number of H-pyrrole nitrogens is 2. The quantitative estimate of drug-likeness (QED) is 0.451. The second-order valence-corrected chi connectivity index (χ2v) is 10.1. The Morgan fingerprint density at radius 2 is 2.03 bits per heavy atom. The van der Waals surface area contributed by atoms with Gasteiger partial charge >= 0.3 is 0 Å². The Morgan fingerprint density at radius 3 is 2.70 bits per heavy atom. The van der Waals surface area contributed by atoms with Crippen molar-refractivity contribution in [2.45, 2.75) is 50.2 Å². The van der Waals surface area contributed by atoms with E-state index < -0.39 is 5.41 Å². The van der Waals surface area contributed by atoms with Gasteiger partial charge in [-0.25, -0.2) is 4.98 Å². The summed E-state index contributed by atoms with van der Waals surface area (Å²) in [5, 5.41) is 8.37. The Bertz CT molecular complexity index is 1290. The Kier molecular flexibility index (Phi) is 4.53. The summed E-state index contributed by atoms with van der Waals surface area (Å²) in [6.07, 6.45) is 5.19. The molecule has 2 atom stereocenters. The molecule has 3 aromatic heterocycles. The zero-order chi connectivity index (χ0) is 23.0. The van der Waals surface area contributed by atoms with E-state index in [1.54, 1.807) is 6.20 Å². The lowest BCUT2D eigenvalue weighted by Gasteiger charge is -2.41. The molecule has 3 fully saturated rings. The van der Waals surface area contributed by atoms with Gasteiger partial charge in [-0.2, -0.15) is 10.1 Å². The number of aromatic amines is 2. The minimum atomic E-state index is -0.425. The van der Waals surface area contributed by atoms with Crippen LogP contribution >= 0.6 is 11.6 Å². The van der Waals surface area contributed by atoms with Crippen molar-refractivity contribution in [3.05, 3.63) is 38.9 Å². The third kappa shape index (κ3) is 3.00. The van der Waals surface area contributed by atoms with Gasteiger partial charge in [0, 0.05) is 36.2 Å². The van der Waals surface area contributed by atoms with E-state index in [1.807, 2.05) is 13.0 Å². The highest BCUT2D eigenvalue weighted by Crippen LogP contribution is 2.56. The predicted octanol–water partition coefficient (Wildman–Crippen LogP) is 1.69. The van der Waals surface area contributed by atoms with Crippen molar-refractivity contribution in [3.8, 4) is 0 Å². The fourth-order valence-electron chi connectivity index (χ4n) is 5.66. The summed E-state index contributed by atoms with van der Waals surface area (Å²) in [7, 11) is 0. The number of pyridine rings is 1. The van der Waals surface area contributed by atoms with Crippen LogP contribution in [0, 0.1) is 5.41 Å². The molecule has 1 saturated carbocycles. The molecule has 0 unspecified atom stereocenters. The van der Waals surface area contributed by atoms with Gasteiger partial charge in [0.05, 0.1) is 23.4 Å². The van der Waals surface area contributed by atoms with E-state index in [0.29, 0.717) is 28.6 Å². The largest absolute Gasteiger partial charge is 0.382 e. The van der Waals surface area contributed by atoms with Crippen LogP contribution in [0.4, 0.5) is 11.8 Å². The smallest absolute Gasteiger partial charge is 0.263 e. The maximum Gasteiger partial charge on any atom is 0.263 e. The normalized spacial score (nSPS) is 25.7. The lowest BCUT2D eigenvalue weighted by atomic mass is 9.73. The summed E-state index contributed by atoms with van der Waals surface area (Å²) in [5.41, 5.74) is 13.7. The van der Waals surface area contributed by atoms with E-state index in [0.717, 1.165) is 50.0 Å². The second kappa shape index (κ2) is 7.15. The molecule has 0 radical (unpaired) electrons. The van der Waals surface area contributed by atoms with Crippen LogP contribution in [0.3, 0.4) is 0 Å². The molecule has 2 aliphatic heterocycles. The van der Waals surface area contributed by atoms with Gasteiger partial charge in [0.25, 0.3) is 5.56 Å². The standard InChI is InChI=1S/C22H27ClN8O2/c1-11-15(24)21(10-33-11)5-8-31(9-6-21)20-27-18-13(19(32)28-20)16(29-30-18)22(3-4-22)12-2-7-26-17(25)14(12)23/h2,7,11,15H,3-6,8-10,24H2,1H3,(H2,25,26)(H2,27,28,29,30,32)/t11-,15+/m0/s1. The molecule has 5 heterocycles. The number of hydrogen-bond donors (Lipinski definition) is 4. The topological polar surface area (TPSA) is 152 Å². The van der Waals surface area contributed by atoms with Gasteiger partial charge in [-0.15, -0.1) is 0 Å². The van der Waals surface area contributed by atoms with Crippen LogP contribution in [0.25, 0.3) is 11.0 Å². The number of nitrogen functional groups attached to an aromatic ring is 1. The van der Waals surface area contributed by atoms with Crippen molar-refractivity contribution in [3.63, 3.8) is 0 Å². The third-order valence-corrected chi connectivity index (χ3v) is 8.37. The van der Waals surface area contributed by atoms with Crippen molar-refractivity contribution < 1.29 is 4.74 Å². The SMILES string of the molecule is C[C@@H]1OCC2(CCN(c3nc4n[nH]c(C5(c6ccnc(N)c6Cl)CC5)c4c(=O)[nH]3)CC2)[C@@H]1N. The highest BCUT2D eigenvalue weighted by Gasteiger charge is 2.51. The van der Waals surface area contributed by atoms with Crippen LogP contribution in [0.1, 0.15) is 43.9 Å². The maximum atomic E-state index is 13.2. The lowest BCUT2D eigenvalue weighted by molar-refractivity contribution is 0.0973. The molecule has 0 amide bonds. The van der Waals surface area contributed by atoms with Gasteiger partial charge in [0.2, 0.25) is 5.95 Å². The molecule has 1 spiro atoms. The summed E-state index contributed by atoms with van der Waals surface area (Å²) in [6.45, 7) is 4.24. The molecular weight excluding hydrogens is 444 g/mol.